The number of carbonyl (C=O) groups is 3. The van der Waals surface area contributed by atoms with Gasteiger partial charge in [-0.15, -0.1) is 0 Å². The number of benzene rings is 1. The third kappa shape index (κ3) is 7.77. The minimum atomic E-state index is -1.31. The van der Waals surface area contributed by atoms with E-state index in [9.17, 15) is 14.4 Å². The topological polar surface area (TPSA) is 108 Å². The van der Waals surface area contributed by atoms with Crippen molar-refractivity contribution in [3.63, 3.8) is 0 Å². The Balaban J connectivity index is 0.00000189. The first-order chi connectivity index (χ1) is 23.1. The molecule has 0 aromatic heterocycles. The Labute approximate surface area is 297 Å². The minimum Gasteiger partial charge on any atom is -0.462 e. The highest BCUT2D eigenvalue weighted by molar-refractivity contribution is 5.89. The number of rotatable bonds is 8. The molecule has 1 N–H and O–H groups in total. The van der Waals surface area contributed by atoms with Crippen LogP contribution >= 0.6 is 0 Å². The van der Waals surface area contributed by atoms with Crippen molar-refractivity contribution >= 4 is 23.8 Å². The fourth-order valence-corrected chi connectivity index (χ4v) is 9.68. The van der Waals surface area contributed by atoms with E-state index in [0.717, 1.165) is 24.7 Å². The predicted octanol–water partition coefficient (Wildman–Crippen LogP) is 8.26. The van der Waals surface area contributed by atoms with E-state index in [1.165, 1.54) is 13.0 Å². The molecule has 2 unspecified atom stereocenters. The van der Waals surface area contributed by atoms with E-state index < -0.39 is 46.6 Å². The second-order valence-electron chi connectivity index (χ2n) is 14.1. The monoisotopic (exact) mass is 686 g/mol. The lowest BCUT2D eigenvalue weighted by Crippen LogP contribution is -2.81. The molecule has 0 heterocycles. The molecule has 278 valence electrons. The lowest BCUT2D eigenvalue weighted by molar-refractivity contribution is -0.334. The number of fused-ring (bicyclic) bond motifs is 3. The van der Waals surface area contributed by atoms with Gasteiger partial charge in [0.25, 0.3) is 0 Å². The van der Waals surface area contributed by atoms with Gasteiger partial charge in [0, 0.05) is 51.6 Å². The standard InChI is InChI=1S/C36H50O7.2C2H6.CH4O/c1-22(2)26-18-21-34(7)29-27(42-24(4)38)19-20-33(5,6)35(29,8)31(40-9)32(41-10)36(34,23(3)37)30(26)43-28(39)17-16-25-14-12-11-13-15-25;3*1-2/h11-17,26-27,29-32H,1,18-21H2,2-10H3;2*1-2H3;2H,1H3/b17-16+;;;/t26-,27?,29?,30+,31+,32-,34-,35+,36+;;;/m0.../s1. The summed E-state index contributed by atoms with van der Waals surface area (Å²) in [6, 6.07) is 9.52. The van der Waals surface area contributed by atoms with E-state index >= 15 is 0 Å². The van der Waals surface area contributed by atoms with Crippen molar-refractivity contribution in [2.45, 2.75) is 126 Å². The van der Waals surface area contributed by atoms with Gasteiger partial charge in [0.1, 0.15) is 29.5 Å². The summed E-state index contributed by atoms with van der Waals surface area (Å²) in [4.78, 5) is 40.6. The second kappa shape index (κ2) is 18.4. The van der Waals surface area contributed by atoms with E-state index in [2.05, 4.69) is 34.3 Å². The molecule has 0 saturated heterocycles. The summed E-state index contributed by atoms with van der Waals surface area (Å²) in [5.41, 5.74) is -1.18. The molecule has 0 spiro atoms. The molecule has 3 aliphatic rings. The van der Waals surface area contributed by atoms with Gasteiger partial charge in [-0.1, -0.05) is 97.9 Å². The molecule has 49 heavy (non-hydrogen) atoms. The van der Waals surface area contributed by atoms with Crippen molar-refractivity contribution in [2.75, 3.05) is 21.3 Å². The Morgan fingerprint density at radius 1 is 0.816 bits per heavy atom. The molecule has 3 aliphatic carbocycles. The quantitative estimate of drug-likeness (QED) is 0.166. The Bertz CT molecular complexity index is 1270. The van der Waals surface area contributed by atoms with Crippen LogP contribution in [0, 0.1) is 33.5 Å². The normalized spacial score (nSPS) is 34.1. The van der Waals surface area contributed by atoms with E-state index in [4.69, 9.17) is 24.1 Å². The van der Waals surface area contributed by atoms with Gasteiger partial charge in [-0.2, -0.15) is 0 Å². The molecule has 0 bridgehead atoms. The van der Waals surface area contributed by atoms with E-state index in [1.807, 2.05) is 65.0 Å². The summed E-state index contributed by atoms with van der Waals surface area (Å²) in [7, 11) is 4.27. The highest BCUT2D eigenvalue weighted by Crippen LogP contribution is 2.74. The lowest BCUT2D eigenvalue weighted by atomic mass is 9.32. The fourth-order valence-electron chi connectivity index (χ4n) is 9.68. The van der Waals surface area contributed by atoms with E-state index in [-0.39, 0.29) is 29.0 Å². The van der Waals surface area contributed by atoms with Crippen LogP contribution in [0.1, 0.15) is 107 Å². The Kier molecular flexibility index (Phi) is 16.6. The van der Waals surface area contributed by atoms with Crippen LogP contribution in [-0.2, 0) is 33.3 Å². The molecule has 3 saturated carbocycles. The average Bonchev–Trinajstić information content (AvgIpc) is 3.07. The predicted molar refractivity (Wildman–Crippen MR) is 197 cm³/mol. The summed E-state index contributed by atoms with van der Waals surface area (Å²) in [5.74, 6) is -1.58. The third-order valence-corrected chi connectivity index (χ3v) is 11.8. The fraction of sp³-hybridized carbons (Fsp3) is 0.683. The number of aliphatic hydroxyl groups is 1. The lowest BCUT2D eigenvalue weighted by Gasteiger charge is -2.74. The number of hydrogen-bond donors (Lipinski definition) is 1. The highest BCUT2D eigenvalue weighted by atomic mass is 16.6. The number of ketones is 1. The maximum atomic E-state index is 14.5. The van der Waals surface area contributed by atoms with Crippen molar-refractivity contribution in [3.05, 3.63) is 54.1 Å². The summed E-state index contributed by atoms with van der Waals surface area (Å²) < 4.78 is 25.3. The summed E-state index contributed by atoms with van der Waals surface area (Å²) in [6.45, 7) is 26.0. The molecule has 0 aliphatic heterocycles. The van der Waals surface area contributed by atoms with Crippen LogP contribution in [0.15, 0.2) is 48.6 Å². The van der Waals surface area contributed by atoms with Crippen molar-refractivity contribution in [1.82, 2.24) is 0 Å². The molecule has 1 aromatic rings. The molecule has 0 amide bonds. The third-order valence-electron chi connectivity index (χ3n) is 11.8. The van der Waals surface area contributed by atoms with Crippen LogP contribution in [0.2, 0.25) is 0 Å². The number of ether oxygens (including phenoxy) is 4. The van der Waals surface area contributed by atoms with Crippen LogP contribution < -0.4 is 0 Å². The van der Waals surface area contributed by atoms with Gasteiger partial charge in [-0.05, 0) is 62.0 Å². The van der Waals surface area contributed by atoms with Crippen molar-refractivity contribution in [1.29, 1.82) is 0 Å². The molecular weight excluding hydrogens is 620 g/mol. The van der Waals surface area contributed by atoms with Crippen LogP contribution in [-0.4, -0.2) is 68.6 Å². The van der Waals surface area contributed by atoms with Gasteiger partial charge in [-0.25, -0.2) is 4.79 Å². The number of hydrogen-bond acceptors (Lipinski definition) is 8. The first-order valence-corrected chi connectivity index (χ1v) is 17.9. The largest absolute Gasteiger partial charge is 0.462 e. The van der Waals surface area contributed by atoms with Crippen LogP contribution in [0.3, 0.4) is 0 Å². The van der Waals surface area contributed by atoms with Crippen LogP contribution in [0.4, 0.5) is 0 Å². The van der Waals surface area contributed by atoms with E-state index in [1.54, 1.807) is 27.2 Å². The second-order valence-corrected chi connectivity index (χ2v) is 14.1. The maximum absolute atomic E-state index is 14.5. The van der Waals surface area contributed by atoms with Gasteiger partial charge >= 0.3 is 11.9 Å². The molecule has 3 fully saturated rings. The molecular formula is C41H66O8. The van der Waals surface area contributed by atoms with Crippen LogP contribution in [0.5, 0.6) is 0 Å². The first-order valence-electron chi connectivity index (χ1n) is 17.9. The SMILES string of the molecule is C=C(C)[C@@H]1CC[C@@]2(C)C3C(OC(C)=O)CCC(C)(C)[C@@]3(C)[C@H](OC)[C@H](OC)[C@@]2(C(C)=O)[C@@H]1OC(=O)/C=C/c1ccccc1.CC.CC.CO. The molecule has 4 rings (SSSR count). The minimum absolute atomic E-state index is 0.133. The van der Waals surface area contributed by atoms with Gasteiger partial charge in [0.05, 0.1) is 6.10 Å². The zero-order valence-electron chi connectivity index (χ0n) is 32.8. The maximum Gasteiger partial charge on any atom is 0.331 e. The molecule has 9 atom stereocenters. The zero-order valence-corrected chi connectivity index (χ0v) is 32.8. The van der Waals surface area contributed by atoms with Gasteiger partial charge < -0.3 is 24.1 Å². The summed E-state index contributed by atoms with van der Waals surface area (Å²) in [6.07, 6.45) is 3.30. The smallest absolute Gasteiger partial charge is 0.331 e. The van der Waals surface area contributed by atoms with Crippen LogP contribution in [0.25, 0.3) is 6.08 Å². The molecule has 0 radical (unpaired) electrons. The van der Waals surface area contributed by atoms with Crippen molar-refractivity contribution < 1.29 is 38.4 Å². The van der Waals surface area contributed by atoms with Gasteiger partial charge in [0.15, 0.2) is 0 Å². The van der Waals surface area contributed by atoms with Crippen molar-refractivity contribution in [2.24, 2.45) is 33.5 Å². The number of esters is 2. The molecule has 1 aromatic carbocycles. The first kappa shape index (κ1) is 44.2. The zero-order chi connectivity index (χ0) is 38.0. The summed E-state index contributed by atoms with van der Waals surface area (Å²) >= 11 is 0. The number of aliphatic hydroxyl groups excluding tert-OH is 1. The number of methoxy groups -OCH3 is 2. The number of carbonyl (C=O) groups excluding carboxylic acids is 3. The highest BCUT2D eigenvalue weighted by Gasteiger charge is 2.80. The summed E-state index contributed by atoms with van der Waals surface area (Å²) in [5, 5.41) is 7.00. The van der Waals surface area contributed by atoms with Gasteiger partial charge in [-0.3, -0.25) is 9.59 Å². The molecule has 8 nitrogen and oxygen atoms in total. The van der Waals surface area contributed by atoms with E-state index in [0.29, 0.717) is 19.3 Å². The van der Waals surface area contributed by atoms with Crippen molar-refractivity contribution in [3.8, 4) is 0 Å². The van der Waals surface area contributed by atoms with Gasteiger partial charge in [0.2, 0.25) is 0 Å². The number of Topliss-reactive ketones (excluding diaryl/α,β-unsaturated/α-hetero) is 1. The Morgan fingerprint density at radius 3 is 1.84 bits per heavy atom. The Morgan fingerprint density at radius 2 is 1.37 bits per heavy atom. The Hall–Kier alpha value is -2.81. The average molecular weight is 687 g/mol. The molecule has 8 heteroatoms.